The summed E-state index contributed by atoms with van der Waals surface area (Å²) in [6.45, 7) is 7.84. The van der Waals surface area contributed by atoms with Gasteiger partial charge in [0.2, 0.25) is 5.91 Å². The van der Waals surface area contributed by atoms with E-state index in [1.807, 2.05) is 12.1 Å². The predicted octanol–water partition coefficient (Wildman–Crippen LogP) is 4.09. The number of hydrogen-bond donors (Lipinski definition) is 4. The lowest BCUT2D eigenvalue weighted by atomic mass is 9.72. The van der Waals surface area contributed by atoms with E-state index >= 15 is 0 Å². The third kappa shape index (κ3) is 6.87. The first-order valence-electron chi connectivity index (χ1n) is 12.3. The third-order valence-corrected chi connectivity index (χ3v) is 6.97. The van der Waals surface area contributed by atoms with Crippen LogP contribution in [0.3, 0.4) is 0 Å². The molecule has 35 heavy (non-hydrogen) atoms. The van der Waals surface area contributed by atoms with Gasteiger partial charge in [0.05, 0.1) is 23.8 Å². The first-order chi connectivity index (χ1) is 16.4. The number of carbonyl (C=O) groups is 1. The van der Waals surface area contributed by atoms with Crippen molar-refractivity contribution in [3.05, 3.63) is 70.8 Å². The number of aliphatic hydroxyl groups is 2. The van der Waals surface area contributed by atoms with E-state index in [0.717, 1.165) is 30.0 Å². The first kappa shape index (κ1) is 27.2. The van der Waals surface area contributed by atoms with Gasteiger partial charge in [0.1, 0.15) is 11.6 Å². The summed E-state index contributed by atoms with van der Waals surface area (Å²) in [5, 5.41) is 28.4. The van der Waals surface area contributed by atoms with E-state index in [1.54, 1.807) is 0 Å². The molecule has 192 valence electrons. The molecule has 1 saturated carbocycles. The van der Waals surface area contributed by atoms with Crippen molar-refractivity contribution in [1.82, 2.24) is 10.6 Å². The second kappa shape index (κ2) is 11.1. The van der Waals surface area contributed by atoms with Gasteiger partial charge in [0.25, 0.3) is 0 Å². The number of amides is 1. The van der Waals surface area contributed by atoms with E-state index in [-0.39, 0.29) is 24.3 Å². The molecule has 2 aromatic rings. The van der Waals surface area contributed by atoms with E-state index in [1.165, 1.54) is 19.1 Å². The van der Waals surface area contributed by atoms with Crippen LogP contribution in [0.1, 0.15) is 70.1 Å². The number of rotatable bonds is 8. The standard InChI is InChI=1S/C28H38F2N2O3/c1-18(33)32-24(14-19-12-22(29)16-23(30)13-19)25(34)17-31-28(11-6-5-10-26(28)35)21-9-7-8-20(15-21)27(2,3)4/h7-9,12-13,15-16,24-26,31,34-35H,5-6,10-11,14,17H2,1-4H3,(H,32,33). The van der Waals surface area contributed by atoms with Crippen molar-refractivity contribution in [2.24, 2.45) is 0 Å². The molecule has 7 heteroatoms. The lowest BCUT2D eigenvalue weighted by Gasteiger charge is -2.44. The van der Waals surface area contributed by atoms with Crippen molar-refractivity contribution >= 4 is 5.91 Å². The van der Waals surface area contributed by atoms with E-state index in [9.17, 15) is 23.8 Å². The first-order valence-corrected chi connectivity index (χ1v) is 12.3. The van der Waals surface area contributed by atoms with E-state index in [0.29, 0.717) is 18.4 Å². The van der Waals surface area contributed by atoms with Crippen LogP contribution in [0.2, 0.25) is 0 Å². The Morgan fingerprint density at radius 3 is 2.43 bits per heavy atom. The molecule has 1 aliphatic rings. The molecule has 4 atom stereocenters. The molecule has 0 aromatic heterocycles. The lowest BCUT2D eigenvalue weighted by Crippen LogP contribution is -2.57. The number of hydrogen-bond acceptors (Lipinski definition) is 4. The number of benzene rings is 2. The average Bonchev–Trinajstić information content (AvgIpc) is 2.76. The molecule has 1 amide bonds. The average molecular weight is 489 g/mol. The van der Waals surface area contributed by atoms with Gasteiger partial charge in [-0.1, -0.05) is 57.9 Å². The number of carbonyl (C=O) groups excluding carboxylic acids is 1. The molecule has 1 fully saturated rings. The summed E-state index contributed by atoms with van der Waals surface area (Å²) in [6.07, 6.45) is 1.56. The molecular weight excluding hydrogens is 450 g/mol. The molecule has 0 bridgehead atoms. The number of nitrogens with one attached hydrogen (secondary N) is 2. The quantitative estimate of drug-likeness (QED) is 0.451. The highest BCUT2D eigenvalue weighted by Crippen LogP contribution is 2.39. The maximum atomic E-state index is 13.7. The summed E-state index contributed by atoms with van der Waals surface area (Å²) >= 11 is 0. The summed E-state index contributed by atoms with van der Waals surface area (Å²) in [4.78, 5) is 11.8. The van der Waals surface area contributed by atoms with Crippen LogP contribution in [-0.2, 0) is 22.2 Å². The van der Waals surface area contributed by atoms with Crippen molar-refractivity contribution < 1.29 is 23.8 Å². The monoisotopic (exact) mass is 488 g/mol. The Morgan fingerprint density at radius 1 is 1.14 bits per heavy atom. The minimum absolute atomic E-state index is 0.0617. The number of halogens is 2. The molecular formula is C28H38F2N2O3. The maximum Gasteiger partial charge on any atom is 0.217 e. The Hall–Kier alpha value is -2.35. The molecule has 0 aliphatic heterocycles. The van der Waals surface area contributed by atoms with Crippen LogP contribution in [-0.4, -0.2) is 40.9 Å². The molecule has 3 rings (SSSR count). The van der Waals surface area contributed by atoms with Crippen LogP contribution >= 0.6 is 0 Å². The minimum atomic E-state index is -1.05. The fourth-order valence-electron chi connectivity index (χ4n) is 5.02. The van der Waals surface area contributed by atoms with E-state index in [4.69, 9.17) is 0 Å². The Labute approximate surface area is 207 Å². The zero-order chi connectivity index (χ0) is 25.8. The second-order valence-corrected chi connectivity index (χ2v) is 10.8. The smallest absolute Gasteiger partial charge is 0.217 e. The van der Waals surface area contributed by atoms with Gasteiger partial charge in [-0.2, -0.15) is 0 Å². The zero-order valence-electron chi connectivity index (χ0n) is 21.1. The zero-order valence-corrected chi connectivity index (χ0v) is 21.1. The summed E-state index contributed by atoms with van der Waals surface area (Å²) in [5.74, 6) is -1.77. The Balaban J connectivity index is 1.85. The van der Waals surface area contributed by atoms with Crippen molar-refractivity contribution in [1.29, 1.82) is 0 Å². The summed E-state index contributed by atoms with van der Waals surface area (Å²) in [6, 6.07) is 10.6. The maximum absolute atomic E-state index is 13.7. The van der Waals surface area contributed by atoms with Crippen molar-refractivity contribution in [3.8, 4) is 0 Å². The largest absolute Gasteiger partial charge is 0.391 e. The Kier molecular flexibility index (Phi) is 8.67. The van der Waals surface area contributed by atoms with Gasteiger partial charge in [0, 0.05) is 19.5 Å². The van der Waals surface area contributed by atoms with Gasteiger partial charge >= 0.3 is 0 Å². The second-order valence-electron chi connectivity index (χ2n) is 10.8. The molecule has 0 heterocycles. The van der Waals surface area contributed by atoms with E-state index in [2.05, 4.69) is 43.5 Å². The fraction of sp³-hybridized carbons (Fsp3) is 0.536. The third-order valence-electron chi connectivity index (χ3n) is 6.97. The van der Waals surface area contributed by atoms with Crippen molar-refractivity contribution in [2.75, 3.05) is 6.54 Å². The van der Waals surface area contributed by atoms with Crippen LogP contribution in [0.4, 0.5) is 8.78 Å². The topological polar surface area (TPSA) is 81.6 Å². The molecule has 0 radical (unpaired) electrons. The minimum Gasteiger partial charge on any atom is -0.391 e. The molecule has 4 N–H and O–H groups in total. The molecule has 1 aliphatic carbocycles. The molecule has 4 unspecified atom stereocenters. The van der Waals surface area contributed by atoms with Gasteiger partial charge in [-0.05, 0) is 53.5 Å². The molecule has 2 aromatic carbocycles. The van der Waals surface area contributed by atoms with Crippen molar-refractivity contribution in [2.45, 2.75) is 89.0 Å². The lowest BCUT2D eigenvalue weighted by molar-refractivity contribution is -0.120. The predicted molar refractivity (Wildman–Crippen MR) is 133 cm³/mol. The van der Waals surface area contributed by atoms with E-state index < -0.39 is 35.4 Å². The van der Waals surface area contributed by atoms with Gasteiger partial charge < -0.3 is 20.8 Å². The summed E-state index contributed by atoms with van der Waals surface area (Å²) < 4.78 is 27.4. The van der Waals surface area contributed by atoms with Crippen LogP contribution < -0.4 is 10.6 Å². The highest BCUT2D eigenvalue weighted by atomic mass is 19.1. The van der Waals surface area contributed by atoms with Crippen LogP contribution in [0.15, 0.2) is 42.5 Å². The van der Waals surface area contributed by atoms with Crippen LogP contribution in [0.5, 0.6) is 0 Å². The van der Waals surface area contributed by atoms with Crippen molar-refractivity contribution in [3.63, 3.8) is 0 Å². The van der Waals surface area contributed by atoms with Gasteiger partial charge in [0.15, 0.2) is 0 Å². The van der Waals surface area contributed by atoms with Gasteiger partial charge in [-0.3, -0.25) is 4.79 Å². The van der Waals surface area contributed by atoms with Gasteiger partial charge in [-0.25, -0.2) is 8.78 Å². The van der Waals surface area contributed by atoms with Crippen LogP contribution in [0, 0.1) is 11.6 Å². The normalized spacial score (nSPS) is 22.5. The SMILES string of the molecule is CC(=O)NC(Cc1cc(F)cc(F)c1)C(O)CNC1(c2cccc(C(C)(C)C)c2)CCCCC1O. The number of aliphatic hydroxyl groups excluding tert-OH is 2. The van der Waals surface area contributed by atoms with Gasteiger partial charge in [-0.15, -0.1) is 0 Å². The fourth-order valence-corrected chi connectivity index (χ4v) is 5.02. The molecule has 0 spiro atoms. The highest BCUT2D eigenvalue weighted by molar-refractivity contribution is 5.73. The molecule has 0 saturated heterocycles. The highest BCUT2D eigenvalue weighted by Gasteiger charge is 2.42. The molecule has 5 nitrogen and oxygen atoms in total. The summed E-state index contributed by atoms with van der Waals surface area (Å²) in [7, 11) is 0. The Bertz CT molecular complexity index is 1000. The van der Waals surface area contributed by atoms with Crippen LogP contribution in [0.25, 0.3) is 0 Å². The Morgan fingerprint density at radius 2 is 1.83 bits per heavy atom. The summed E-state index contributed by atoms with van der Waals surface area (Å²) in [5.41, 5.74) is 1.65.